The molecule has 4 nitrogen and oxygen atoms in total. The lowest BCUT2D eigenvalue weighted by molar-refractivity contribution is -0.128. The van der Waals surface area contributed by atoms with Crippen LogP contribution in [0.25, 0.3) is 0 Å². The first-order valence-corrected chi connectivity index (χ1v) is 3.48. The summed E-state index contributed by atoms with van der Waals surface area (Å²) in [6, 6.07) is 5.23. The fourth-order valence-corrected chi connectivity index (χ4v) is 0.914. The van der Waals surface area contributed by atoms with Gasteiger partial charge >= 0.3 is 0 Å². The van der Waals surface area contributed by atoms with Gasteiger partial charge in [0.05, 0.1) is 5.69 Å². The van der Waals surface area contributed by atoms with Crippen molar-refractivity contribution in [1.29, 1.82) is 0 Å². The number of nitrogens with zero attached hydrogens (tertiary/aromatic N) is 1. The smallest absolute Gasteiger partial charge is 0.252 e. The maximum atomic E-state index is 10.8. The number of carbonyl (C=O) groups excluding carboxylic acids is 1. The zero-order valence-electron chi connectivity index (χ0n) is 6.73. The standard InChI is InChI=1S/C8H10N2O2/c1-12-7(8(9)11)6-4-2-3-5-10-6/h2-5,7H,1H3,(H2,9,11). The highest BCUT2D eigenvalue weighted by atomic mass is 16.5. The summed E-state index contributed by atoms with van der Waals surface area (Å²) in [5, 5.41) is 0. The zero-order chi connectivity index (χ0) is 8.97. The minimum Gasteiger partial charge on any atom is -0.367 e. The third-order valence-electron chi connectivity index (χ3n) is 1.45. The average Bonchev–Trinajstić information content (AvgIpc) is 2.07. The van der Waals surface area contributed by atoms with Crippen molar-refractivity contribution in [3.63, 3.8) is 0 Å². The maximum absolute atomic E-state index is 10.8. The van der Waals surface area contributed by atoms with Gasteiger partial charge in [-0.2, -0.15) is 0 Å². The molecule has 1 unspecified atom stereocenters. The number of hydrogen-bond acceptors (Lipinski definition) is 3. The number of hydrogen-bond donors (Lipinski definition) is 1. The van der Waals surface area contributed by atoms with Crippen LogP contribution in [0.5, 0.6) is 0 Å². The minimum absolute atomic E-state index is 0.531. The lowest BCUT2D eigenvalue weighted by atomic mass is 10.2. The van der Waals surface area contributed by atoms with Gasteiger partial charge in [0.1, 0.15) is 0 Å². The Hall–Kier alpha value is -1.42. The topological polar surface area (TPSA) is 65.2 Å². The van der Waals surface area contributed by atoms with Crippen LogP contribution in [-0.4, -0.2) is 18.0 Å². The maximum Gasteiger partial charge on any atom is 0.252 e. The first-order valence-electron chi connectivity index (χ1n) is 3.48. The number of nitrogens with two attached hydrogens (primary N) is 1. The number of rotatable bonds is 3. The molecule has 0 aliphatic heterocycles. The molecule has 0 saturated heterocycles. The molecular formula is C8H10N2O2. The number of amides is 1. The van der Waals surface area contributed by atoms with Crippen molar-refractivity contribution in [2.75, 3.05) is 7.11 Å². The molecule has 1 atom stereocenters. The van der Waals surface area contributed by atoms with Crippen LogP contribution in [0.15, 0.2) is 24.4 Å². The van der Waals surface area contributed by atoms with E-state index in [0.29, 0.717) is 5.69 Å². The third-order valence-corrected chi connectivity index (χ3v) is 1.45. The van der Waals surface area contributed by atoms with Gasteiger partial charge in [0.25, 0.3) is 5.91 Å². The van der Waals surface area contributed by atoms with Crippen molar-refractivity contribution in [3.05, 3.63) is 30.1 Å². The van der Waals surface area contributed by atoms with Crippen LogP contribution in [0.4, 0.5) is 0 Å². The van der Waals surface area contributed by atoms with Gasteiger partial charge in [-0.3, -0.25) is 9.78 Å². The normalized spacial score (nSPS) is 12.4. The van der Waals surface area contributed by atoms with Crippen molar-refractivity contribution in [2.24, 2.45) is 5.73 Å². The van der Waals surface area contributed by atoms with Gasteiger partial charge in [-0.15, -0.1) is 0 Å². The molecule has 0 aliphatic rings. The van der Waals surface area contributed by atoms with E-state index in [9.17, 15) is 4.79 Å². The predicted molar refractivity (Wildman–Crippen MR) is 43.2 cm³/mol. The first kappa shape index (κ1) is 8.67. The summed E-state index contributed by atoms with van der Waals surface area (Å²) < 4.78 is 4.86. The highest BCUT2D eigenvalue weighted by Gasteiger charge is 2.16. The summed E-state index contributed by atoms with van der Waals surface area (Å²) in [6.45, 7) is 0. The Morgan fingerprint density at radius 1 is 1.67 bits per heavy atom. The lowest BCUT2D eigenvalue weighted by Gasteiger charge is -2.09. The highest BCUT2D eigenvalue weighted by Crippen LogP contribution is 2.11. The van der Waals surface area contributed by atoms with Crippen molar-refractivity contribution in [3.8, 4) is 0 Å². The Balaban J connectivity index is 2.88. The number of pyridine rings is 1. The molecule has 1 amide bonds. The fourth-order valence-electron chi connectivity index (χ4n) is 0.914. The highest BCUT2D eigenvalue weighted by molar-refractivity contribution is 5.79. The molecule has 0 bridgehead atoms. The van der Waals surface area contributed by atoms with E-state index in [1.807, 2.05) is 0 Å². The molecule has 1 heterocycles. The Morgan fingerprint density at radius 3 is 2.83 bits per heavy atom. The van der Waals surface area contributed by atoms with Crippen LogP contribution in [-0.2, 0) is 9.53 Å². The summed E-state index contributed by atoms with van der Waals surface area (Å²) in [5.74, 6) is -0.531. The summed E-state index contributed by atoms with van der Waals surface area (Å²) in [4.78, 5) is 14.7. The molecule has 0 saturated carbocycles. The molecule has 0 aromatic carbocycles. The number of methoxy groups -OCH3 is 1. The first-order chi connectivity index (χ1) is 5.75. The molecule has 0 radical (unpaired) electrons. The largest absolute Gasteiger partial charge is 0.367 e. The van der Waals surface area contributed by atoms with E-state index < -0.39 is 12.0 Å². The zero-order valence-corrected chi connectivity index (χ0v) is 6.73. The van der Waals surface area contributed by atoms with E-state index in [2.05, 4.69) is 4.98 Å². The van der Waals surface area contributed by atoms with E-state index in [1.165, 1.54) is 7.11 Å². The molecule has 12 heavy (non-hydrogen) atoms. The third kappa shape index (κ3) is 1.79. The fraction of sp³-hybridized carbons (Fsp3) is 0.250. The summed E-state index contributed by atoms with van der Waals surface area (Å²) in [5.41, 5.74) is 5.61. The molecule has 1 rings (SSSR count). The predicted octanol–water partition coefficient (Wildman–Crippen LogP) is 0.254. The average molecular weight is 166 g/mol. The van der Waals surface area contributed by atoms with Gasteiger partial charge in [0.15, 0.2) is 6.10 Å². The number of primary amides is 1. The van der Waals surface area contributed by atoms with E-state index in [4.69, 9.17) is 10.5 Å². The molecule has 2 N–H and O–H groups in total. The van der Waals surface area contributed by atoms with Gasteiger partial charge in [0, 0.05) is 13.3 Å². The second-order valence-corrected chi connectivity index (χ2v) is 2.27. The molecule has 0 spiro atoms. The summed E-state index contributed by atoms with van der Waals surface area (Å²) >= 11 is 0. The van der Waals surface area contributed by atoms with E-state index in [0.717, 1.165) is 0 Å². The minimum atomic E-state index is -0.744. The van der Waals surface area contributed by atoms with Crippen LogP contribution in [0.3, 0.4) is 0 Å². The summed E-state index contributed by atoms with van der Waals surface area (Å²) in [7, 11) is 1.42. The van der Waals surface area contributed by atoms with E-state index >= 15 is 0 Å². The Kier molecular flexibility index (Phi) is 2.76. The Morgan fingerprint density at radius 2 is 2.42 bits per heavy atom. The van der Waals surface area contributed by atoms with Gasteiger partial charge in [0.2, 0.25) is 0 Å². The molecule has 64 valence electrons. The van der Waals surface area contributed by atoms with Crippen LogP contribution in [0.1, 0.15) is 11.8 Å². The van der Waals surface area contributed by atoms with Crippen LogP contribution < -0.4 is 5.73 Å². The number of carbonyl (C=O) groups is 1. The molecule has 1 aromatic heterocycles. The van der Waals surface area contributed by atoms with Crippen LogP contribution >= 0.6 is 0 Å². The van der Waals surface area contributed by atoms with Gasteiger partial charge in [-0.05, 0) is 12.1 Å². The summed E-state index contributed by atoms with van der Waals surface area (Å²) in [6.07, 6.45) is 0.843. The van der Waals surface area contributed by atoms with Crippen molar-refractivity contribution < 1.29 is 9.53 Å². The Bertz CT molecular complexity index is 261. The molecular weight excluding hydrogens is 156 g/mol. The number of aromatic nitrogens is 1. The van der Waals surface area contributed by atoms with Gasteiger partial charge < -0.3 is 10.5 Å². The van der Waals surface area contributed by atoms with Crippen LogP contribution in [0.2, 0.25) is 0 Å². The van der Waals surface area contributed by atoms with Crippen LogP contribution in [0, 0.1) is 0 Å². The lowest BCUT2D eigenvalue weighted by Crippen LogP contribution is -2.23. The number of ether oxygens (including phenoxy) is 1. The second-order valence-electron chi connectivity index (χ2n) is 2.27. The Labute approximate surface area is 70.4 Å². The van der Waals surface area contributed by atoms with E-state index in [1.54, 1.807) is 24.4 Å². The van der Waals surface area contributed by atoms with Crippen molar-refractivity contribution in [1.82, 2.24) is 4.98 Å². The molecule has 0 fully saturated rings. The molecule has 0 aliphatic carbocycles. The van der Waals surface area contributed by atoms with Crippen molar-refractivity contribution in [2.45, 2.75) is 6.10 Å². The molecule has 1 aromatic rings. The molecule has 4 heteroatoms. The van der Waals surface area contributed by atoms with Gasteiger partial charge in [-0.25, -0.2) is 0 Å². The van der Waals surface area contributed by atoms with Crippen molar-refractivity contribution >= 4 is 5.91 Å². The second kappa shape index (κ2) is 3.82. The quantitative estimate of drug-likeness (QED) is 0.700. The van der Waals surface area contributed by atoms with E-state index in [-0.39, 0.29) is 0 Å². The SMILES string of the molecule is COC(C(N)=O)c1ccccn1. The van der Waals surface area contributed by atoms with Gasteiger partial charge in [-0.1, -0.05) is 6.07 Å². The monoisotopic (exact) mass is 166 g/mol.